The second-order valence-corrected chi connectivity index (χ2v) is 3.23. The first-order valence-corrected chi connectivity index (χ1v) is 4.74. The number of hydrogen-bond donors (Lipinski definition) is 1. The molecule has 2 nitrogen and oxygen atoms in total. The monoisotopic (exact) mass is 167 g/mol. The first kappa shape index (κ1) is 6.85. The SMILES string of the molecule is CSC1Nc2ccccc2O1. The summed E-state index contributed by atoms with van der Waals surface area (Å²) in [4.78, 5) is 0. The van der Waals surface area contributed by atoms with Gasteiger partial charge < -0.3 is 10.1 Å². The maximum Gasteiger partial charge on any atom is 0.218 e. The van der Waals surface area contributed by atoms with Crippen LogP contribution in [0.25, 0.3) is 0 Å². The summed E-state index contributed by atoms with van der Waals surface area (Å²) in [5.41, 5.74) is 1.18. The van der Waals surface area contributed by atoms with Crippen molar-refractivity contribution in [3.63, 3.8) is 0 Å². The van der Waals surface area contributed by atoms with E-state index >= 15 is 0 Å². The standard InChI is InChI=1S/C8H9NOS/c1-11-8-9-6-4-2-3-5-7(6)10-8/h2-5,8-9H,1H3. The molecular formula is C8H9NOS. The third-order valence-electron chi connectivity index (χ3n) is 1.61. The summed E-state index contributed by atoms with van der Waals surface area (Å²) in [6.45, 7) is 0. The van der Waals surface area contributed by atoms with Crippen LogP contribution in [0.2, 0.25) is 0 Å². The quantitative estimate of drug-likeness (QED) is 0.692. The van der Waals surface area contributed by atoms with Crippen LogP contribution in [0.4, 0.5) is 5.69 Å². The Morgan fingerprint density at radius 3 is 3.00 bits per heavy atom. The van der Waals surface area contributed by atoms with Crippen LogP contribution in [-0.2, 0) is 0 Å². The van der Waals surface area contributed by atoms with Crippen molar-refractivity contribution < 1.29 is 4.74 Å². The van der Waals surface area contributed by atoms with Gasteiger partial charge in [-0.1, -0.05) is 23.9 Å². The van der Waals surface area contributed by atoms with Crippen LogP contribution in [0.15, 0.2) is 24.3 Å². The molecule has 1 atom stereocenters. The number of hydrogen-bond acceptors (Lipinski definition) is 3. The Morgan fingerprint density at radius 1 is 1.45 bits per heavy atom. The second kappa shape index (κ2) is 2.66. The van der Waals surface area contributed by atoms with E-state index in [1.54, 1.807) is 11.8 Å². The molecule has 11 heavy (non-hydrogen) atoms. The lowest BCUT2D eigenvalue weighted by molar-refractivity contribution is 0.341. The van der Waals surface area contributed by atoms with Crippen molar-refractivity contribution in [3.8, 4) is 5.75 Å². The average Bonchev–Trinajstić information content (AvgIpc) is 2.46. The van der Waals surface area contributed by atoms with Crippen molar-refractivity contribution >= 4 is 17.4 Å². The zero-order valence-electron chi connectivity index (χ0n) is 6.20. The highest BCUT2D eigenvalue weighted by Gasteiger charge is 2.18. The van der Waals surface area contributed by atoms with Gasteiger partial charge in [0.15, 0.2) is 0 Å². The van der Waals surface area contributed by atoms with Gasteiger partial charge in [0.05, 0.1) is 5.69 Å². The highest BCUT2D eigenvalue weighted by molar-refractivity contribution is 7.99. The number of ether oxygens (including phenoxy) is 1. The molecule has 1 N–H and O–H groups in total. The third-order valence-corrected chi connectivity index (χ3v) is 2.25. The summed E-state index contributed by atoms with van der Waals surface area (Å²) in [5.74, 6) is 0.951. The van der Waals surface area contributed by atoms with Crippen molar-refractivity contribution in [2.45, 2.75) is 5.56 Å². The molecule has 0 amide bonds. The lowest BCUT2D eigenvalue weighted by Crippen LogP contribution is -2.13. The Bertz CT molecular complexity index is 239. The fourth-order valence-electron chi connectivity index (χ4n) is 1.07. The average molecular weight is 167 g/mol. The first-order chi connectivity index (χ1) is 5.40. The predicted octanol–water partition coefficient (Wildman–Crippen LogP) is 2.14. The van der Waals surface area contributed by atoms with Crippen LogP contribution >= 0.6 is 11.8 Å². The van der Waals surface area contributed by atoms with E-state index in [-0.39, 0.29) is 5.56 Å². The highest BCUT2D eigenvalue weighted by Crippen LogP contribution is 2.33. The fourth-order valence-corrected chi connectivity index (χ4v) is 1.51. The van der Waals surface area contributed by atoms with Crippen LogP contribution in [0.5, 0.6) is 5.75 Å². The lowest BCUT2D eigenvalue weighted by Gasteiger charge is -2.05. The molecule has 0 spiro atoms. The summed E-state index contributed by atoms with van der Waals surface area (Å²) in [7, 11) is 0. The van der Waals surface area contributed by atoms with E-state index in [2.05, 4.69) is 5.32 Å². The second-order valence-electron chi connectivity index (χ2n) is 2.33. The molecule has 1 unspecified atom stereocenters. The van der Waals surface area contributed by atoms with Crippen molar-refractivity contribution in [2.75, 3.05) is 11.6 Å². The summed E-state index contributed by atoms with van der Waals surface area (Å²) >= 11 is 1.66. The van der Waals surface area contributed by atoms with Crippen LogP contribution in [0.3, 0.4) is 0 Å². The molecule has 2 rings (SSSR count). The first-order valence-electron chi connectivity index (χ1n) is 3.45. The Balaban J connectivity index is 2.27. The van der Waals surface area contributed by atoms with E-state index in [1.807, 2.05) is 30.5 Å². The molecule has 1 heterocycles. The molecule has 1 aliphatic heterocycles. The minimum absolute atomic E-state index is 0.0902. The summed E-state index contributed by atoms with van der Waals surface area (Å²) < 4.78 is 5.51. The van der Waals surface area contributed by atoms with Crippen LogP contribution in [0, 0.1) is 0 Å². The van der Waals surface area contributed by atoms with Crippen LogP contribution < -0.4 is 10.1 Å². The fraction of sp³-hybridized carbons (Fsp3) is 0.250. The smallest absolute Gasteiger partial charge is 0.218 e. The third kappa shape index (κ3) is 1.16. The maximum absolute atomic E-state index is 5.51. The van der Waals surface area contributed by atoms with Gasteiger partial charge in [0.25, 0.3) is 0 Å². The number of anilines is 1. The maximum atomic E-state index is 5.51. The number of nitrogens with one attached hydrogen (secondary N) is 1. The van der Waals surface area contributed by atoms with Gasteiger partial charge in [-0.2, -0.15) is 0 Å². The molecule has 0 saturated carbocycles. The predicted molar refractivity (Wildman–Crippen MR) is 48.0 cm³/mol. The molecule has 0 radical (unpaired) electrons. The van der Waals surface area contributed by atoms with Gasteiger partial charge in [-0.25, -0.2) is 0 Å². The normalized spacial score (nSPS) is 20.3. The van der Waals surface area contributed by atoms with Gasteiger partial charge in [0, 0.05) is 0 Å². The number of benzene rings is 1. The Hall–Kier alpha value is -0.830. The number of rotatable bonds is 1. The minimum Gasteiger partial charge on any atom is -0.459 e. The number of fused-ring (bicyclic) bond motifs is 1. The highest BCUT2D eigenvalue weighted by atomic mass is 32.2. The molecule has 3 heteroatoms. The van der Waals surface area contributed by atoms with E-state index in [0.29, 0.717) is 0 Å². The van der Waals surface area contributed by atoms with E-state index < -0.39 is 0 Å². The Labute approximate surface area is 69.9 Å². The van der Waals surface area contributed by atoms with Crippen LogP contribution in [0.1, 0.15) is 0 Å². The summed E-state index contributed by atoms with van der Waals surface area (Å²) in [6.07, 6.45) is 2.02. The molecule has 0 aromatic heterocycles. The van der Waals surface area contributed by atoms with Gasteiger partial charge in [0.1, 0.15) is 5.75 Å². The molecule has 0 aliphatic carbocycles. The molecule has 1 aliphatic rings. The van der Waals surface area contributed by atoms with Gasteiger partial charge in [0.2, 0.25) is 5.56 Å². The zero-order chi connectivity index (χ0) is 7.68. The number of thioether (sulfide) groups is 1. The van der Waals surface area contributed by atoms with Crippen molar-refractivity contribution in [1.29, 1.82) is 0 Å². The van der Waals surface area contributed by atoms with Gasteiger partial charge in [-0.05, 0) is 18.4 Å². The lowest BCUT2D eigenvalue weighted by atomic mass is 10.3. The topological polar surface area (TPSA) is 21.3 Å². The summed E-state index contributed by atoms with van der Waals surface area (Å²) in [5, 5.41) is 3.22. The molecule has 0 bridgehead atoms. The van der Waals surface area contributed by atoms with Crippen molar-refractivity contribution in [1.82, 2.24) is 0 Å². The van der Waals surface area contributed by atoms with Crippen LogP contribution in [-0.4, -0.2) is 11.8 Å². The minimum atomic E-state index is 0.0902. The Morgan fingerprint density at radius 2 is 2.27 bits per heavy atom. The number of para-hydroxylation sites is 2. The Kier molecular flexibility index (Phi) is 1.66. The van der Waals surface area contributed by atoms with Crippen molar-refractivity contribution in [2.24, 2.45) is 0 Å². The molecule has 1 aromatic carbocycles. The molecule has 1 aromatic rings. The molecule has 0 fully saturated rings. The van der Waals surface area contributed by atoms with E-state index in [1.165, 1.54) is 0 Å². The molecular weight excluding hydrogens is 158 g/mol. The van der Waals surface area contributed by atoms with E-state index in [9.17, 15) is 0 Å². The van der Waals surface area contributed by atoms with Gasteiger partial charge in [-0.15, -0.1) is 0 Å². The largest absolute Gasteiger partial charge is 0.459 e. The van der Waals surface area contributed by atoms with Crippen molar-refractivity contribution in [3.05, 3.63) is 24.3 Å². The zero-order valence-corrected chi connectivity index (χ0v) is 7.02. The molecule has 0 saturated heterocycles. The van der Waals surface area contributed by atoms with E-state index in [4.69, 9.17) is 4.74 Å². The van der Waals surface area contributed by atoms with E-state index in [0.717, 1.165) is 11.4 Å². The molecule has 58 valence electrons. The summed E-state index contributed by atoms with van der Waals surface area (Å²) in [6, 6.07) is 7.96. The van der Waals surface area contributed by atoms with Gasteiger partial charge >= 0.3 is 0 Å². The van der Waals surface area contributed by atoms with Gasteiger partial charge in [-0.3, -0.25) is 0 Å².